The summed E-state index contributed by atoms with van der Waals surface area (Å²) in [4.78, 5) is 0. The summed E-state index contributed by atoms with van der Waals surface area (Å²) in [5.41, 5.74) is 0. The van der Waals surface area contributed by atoms with Crippen LogP contribution in [0.25, 0.3) is 0 Å². The van der Waals surface area contributed by atoms with Crippen LogP contribution in [-0.2, 0) is 0 Å². The predicted octanol–water partition coefficient (Wildman–Crippen LogP) is 17.1. The highest BCUT2D eigenvalue weighted by Crippen LogP contribution is 0.154. The summed E-state index contributed by atoms with van der Waals surface area (Å²) in [7, 11) is 0. The summed E-state index contributed by atoms with van der Waals surface area (Å²) in [5, 5.41) is 0. The van der Waals surface area contributed by atoms with Gasteiger partial charge in [0.25, 0.3) is 0 Å². The van der Waals surface area contributed by atoms with Crippen LogP contribution in [0.3, 0.4) is 0 Å². The van der Waals surface area contributed by atoms with E-state index in [0.717, 1.165) is 0 Å². The molecule has 0 aliphatic rings. The second-order valence-electron chi connectivity index (χ2n) is 0. The van der Waals surface area contributed by atoms with Gasteiger partial charge in [-0.1, -0.05) is 81.7 Å². The van der Waals surface area contributed by atoms with E-state index in [1.165, 1.54) is 0 Å². The van der Waals surface area contributed by atoms with E-state index in [1.807, 2.05) is 0 Å². The summed E-state index contributed by atoms with van der Waals surface area (Å²) >= 11 is 0. The molecule has 0 saturated heterocycles. The zero-order valence-corrected chi connectivity index (χ0v) is 0. The smallest absolute Gasteiger partial charge is 0 e. The number of hydrogen-bond acceptors (Lipinski definition) is 0. The topological polar surface area (TPSA) is 0 Å². The van der Waals surface area contributed by atoms with Crippen molar-refractivity contribution in [3.63, 3.8) is 0 Å². The standard InChI is InChI=1S/11CH4.41H2/h11*1H4;41*1H/i;;;;;;;;;;;37*1+1D;4*1+1. The van der Waals surface area contributed by atoms with Crippen molar-refractivity contribution in [2.75, 3.05) is 0 Å². The van der Waals surface area contributed by atoms with Crippen molar-refractivity contribution in [3.8, 4) is 0 Å². The molecule has 170 valence electrons. The van der Waals surface area contributed by atoms with Crippen LogP contribution < -0.4 is 0 Å². The number of rotatable bonds is 0. The first-order valence-electron chi connectivity index (χ1n) is 37.0. The molecule has 0 saturated carbocycles. The molecule has 0 bridgehead atoms. The third-order valence-electron chi connectivity index (χ3n) is 0. The summed E-state index contributed by atoms with van der Waals surface area (Å²) < 4.78 is 370. The molecule has 0 atom stereocenters. The average molecular weight is 338 g/mol. The SMILES string of the molecule is C.C.C.C.C.C.C.C.C.C.C.[2HH].[2HH].[2HH].[2HH].[2H][2H].[2H][2H].[2H][2H].[2H][2H].[2H][2H].[2H][2H].[2H][2H].[2H][2H].[2H][2H].[2H][2H].[2H][2H].[2H][2H].[2H][2H].[2H][2H].[2H][2H].[2H][2H].[2H][2H].[2H][2H].[2H][2H].[2H][2H].[2H][2H].[2H][2H].[2H][2H].[2H][2H].[2H][2H].[2H][2H].[2H][2H].[2H][2H].[2H][2H].[2H][2H].[2H][2H].[2H][2H].[2H][2H].[2H][2H].[2H][2H].[2H][2H].[2H][2H]. The van der Waals surface area contributed by atoms with E-state index in [9.17, 15) is 0 Å². The van der Waals surface area contributed by atoms with Gasteiger partial charge in [0.05, 0.1) is 0 Å². The van der Waals surface area contributed by atoms with Crippen molar-refractivity contribution in [3.05, 3.63) is 0 Å². The van der Waals surface area contributed by atoms with Crippen molar-refractivity contribution in [2.24, 2.45) is 0 Å². The minimum absolute atomic E-state index is 0. The normalized spacial score (nSPS) is 26.9. The molecule has 0 aliphatic carbocycles. The molecule has 0 unspecified atom stereocenters. The largest absolute Gasteiger partial charge is 0.0776 e. The quantitative estimate of drug-likeness (QED) is 0.412. The van der Waals surface area contributed by atoms with Crippen LogP contribution in [0.4, 0.5) is 0 Å². The first kappa shape index (κ1) is 0.804. The molecule has 0 amide bonds. The van der Waals surface area contributed by atoms with Crippen molar-refractivity contribution in [2.45, 2.75) is 81.7 Å². The van der Waals surface area contributed by atoms with E-state index >= 15 is 0 Å². The third kappa shape index (κ3) is 0. The lowest BCUT2D eigenvalue weighted by molar-refractivity contribution is 2.50. The van der Waals surface area contributed by atoms with Crippen LogP contribution in [0.2, 0.25) is 0 Å². The van der Waals surface area contributed by atoms with Gasteiger partial charge in [-0.2, -0.15) is 0 Å². The van der Waals surface area contributed by atoms with Gasteiger partial charge in [-0.25, -0.2) is 0 Å². The highest BCUT2D eigenvalue weighted by atomic mass is 12.0. The lowest BCUT2D eigenvalue weighted by Crippen LogP contribution is 0.143. The zero-order valence-electron chi connectivity index (χ0n) is 74.0. The van der Waals surface area contributed by atoms with Crippen LogP contribution >= 0.6 is 0 Å². The lowest BCUT2D eigenvalue weighted by atomic mass is 12.0. The van der Waals surface area contributed by atoms with Gasteiger partial charge in [0, 0.05) is 116 Å². The fourth-order valence-corrected chi connectivity index (χ4v) is 0. The van der Waals surface area contributed by atoms with Crippen LogP contribution in [-0.4, -0.2) is 0 Å². The van der Waals surface area contributed by atoms with Gasteiger partial charge in [0.15, 0.2) is 0 Å². The molecule has 0 aromatic rings. The molecule has 0 N–H and O–H groups in total. The van der Waals surface area contributed by atoms with Crippen LogP contribution in [0.5, 0.6) is 0 Å². The Bertz CT molecular complexity index is 48.0. The molecule has 0 rings (SSSR count). The third-order valence-corrected chi connectivity index (χ3v) is 0. The Kier molecular flexibility index (Phi) is 0. The fraction of sp³-hybridized carbons (Fsp3) is 1.00. The maximum Gasteiger partial charge on any atom is 0 e. The Morgan fingerprint density at radius 3 is 0.273 bits per heavy atom. The van der Waals surface area contributed by atoms with E-state index < -0.39 is 0 Å². The van der Waals surface area contributed by atoms with Gasteiger partial charge in [-0.15, -0.1) is 0 Å². The van der Waals surface area contributed by atoms with E-state index in [2.05, 4.69) is 0 Å². The summed E-state index contributed by atoms with van der Waals surface area (Å²) in [6.45, 7) is 0. The van der Waals surface area contributed by atoms with Gasteiger partial charge >= 0.3 is 0 Å². The average Bonchev–Trinajstić information content (AvgIpc) is 3.65. The summed E-state index contributed by atoms with van der Waals surface area (Å²) in [6.07, 6.45) is 0. The minimum atomic E-state index is 0. The molecule has 0 radical (unpaired) electrons. The second kappa shape index (κ2) is 0. The molecular formula is C11H126. The van der Waals surface area contributed by atoms with Crippen LogP contribution in [0.15, 0.2) is 0 Å². The predicted molar refractivity (Wildman–Crippen MR) is 161 cm³/mol. The van der Waals surface area contributed by atoms with Crippen LogP contribution in [0, 0.1) is 0 Å². The molecule has 0 aliphatic heterocycles. The van der Waals surface area contributed by atoms with Crippen molar-refractivity contribution >= 4 is 0 Å². The first-order chi connectivity index (χ1) is 37.0. The first-order valence-corrected chi connectivity index (χ1v) is 0. The van der Waals surface area contributed by atoms with Gasteiger partial charge in [0.1, 0.15) is 0 Å². The maximum atomic E-state index is 5.00. The van der Waals surface area contributed by atoms with Gasteiger partial charge in [-0.05, 0) is 0 Å². The van der Waals surface area contributed by atoms with Crippen molar-refractivity contribution in [1.29, 1.82) is 0 Å². The lowest BCUT2D eigenvalue weighted by Gasteiger charge is -0.0786. The summed E-state index contributed by atoms with van der Waals surface area (Å²) in [6, 6.07) is 0. The van der Waals surface area contributed by atoms with E-state index in [4.69, 9.17) is 110 Å². The Hall–Kier alpha value is 0. The zero-order chi connectivity index (χ0) is 74.0. The Morgan fingerprint density at radius 1 is 0.273 bits per heavy atom. The Balaban J connectivity index is -0.00000000315. The van der Waals surface area contributed by atoms with Gasteiger partial charge < -0.3 is 0 Å². The molecule has 0 heteroatoms. The number of hydrogen-bond donors (Lipinski definition) is 0. The molecule has 0 heterocycles. The molecule has 0 nitrogen and oxygen atoms in total. The Morgan fingerprint density at radius 2 is 0.273 bits per heavy atom. The summed E-state index contributed by atoms with van der Waals surface area (Å²) in [5.74, 6) is 0. The fourth-order valence-electron chi connectivity index (χ4n) is 0. The van der Waals surface area contributed by atoms with Crippen molar-refractivity contribution < 1.29 is 116 Å². The van der Waals surface area contributed by atoms with Crippen molar-refractivity contribution in [1.82, 2.24) is 0 Å². The molecular weight excluding hydrogens is 132 g/mol. The molecule has 0 aromatic carbocycles. The van der Waals surface area contributed by atoms with Gasteiger partial charge in [-0.3, -0.25) is 0 Å². The second-order valence-corrected chi connectivity index (χ2v) is 0. The highest BCUT2D eigenvalue weighted by molar-refractivity contribution is 2.51. The maximum absolute atomic E-state index is 5.00. The van der Waals surface area contributed by atoms with E-state index in [0.29, 0.717) is 0 Å². The van der Waals surface area contributed by atoms with E-state index in [1.54, 1.807) is 0 Å². The van der Waals surface area contributed by atoms with Gasteiger partial charge in [0.2, 0.25) is 0 Å². The monoisotopic (exact) mass is 337 g/mol. The molecule has 11 heavy (non-hydrogen) atoms. The molecule has 0 aromatic heterocycles. The Labute approximate surface area is 203 Å². The molecule has 0 spiro atoms. The highest BCUT2D eigenvalue weighted by Gasteiger charge is -0.0676. The van der Waals surface area contributed by atoms with E-state index in [-0.39, 0.29) is 87.4 Å². The van der Waals surface area contributed by atoms with Crippen LogP contribution in [0.1, 0.15) is 197 Å². The molecule has 0 fully saturated rings. The minimum Gasteiger partial charge on any atom is -0.0776 e.